The molecule has 0 saturated carbocycles. The topological polar surface area (TPSA) is 55.1 Å². The monoisotopic (exact) mass is 260 g/mol. The maximum atomic E-state index is 12.0. The molecule has 1 heterocycles. The van der Waals surface area contributed by atoms with Crippen LogP contribution in [0.1, 0.15) is 27.0 Å². The van der Waals surface area contributed by atoms with Crippen molar-refractivity contribution in [2.45, 2.75) is 20.3 Å². The van der Waals surface area contributed by atoms with Gasteiger partial charge in [-0.1, -0.05) is 19.1 Å². The van der Waals surface area contributed by atoms with E-state index >= 15 is 0 Å². The van der Waals surface area contributed by atoms with E-state index in [0.29, 0.717) is 10.6 Å². The van der Waals surface area contributed by atoms with Crippen molar-refractivity contribution in [1.29, 1.82) is 0 Å². The molecule has 3 N–H and O–H groups in total. The lowest BCUT2D eigenvalue weighted by atomic mass is 10.1. The van der Waals surface area contributed by atoms with Crippen molar-refractivity contribution in [1.82, 2.24) is 0 Å². The number of anilines is 2. The molecule has 1 aromatic carbocycles. The van der Waals surface area contributed by atoms with Crippen molar-refractivity contribution >= 4 is 28.6 Å². The summed E-state index contributed by atoms with van der Waals surface area (Å²) >= 11 is 1.41. The largest absolute Gasteiger partial charge is 0.398 e. The Kier molecular flexibility index (Phi) is 3.67. The molecular formula is C14H16N2OS. The van der Waals surface area contributed by atoms with Crippen LogP contribution in [0.5, 0.6) is 0 Å². The summed E-state index contributed by atoms with van der Waals surface area (Å²) in [5.41, 5.74) is 8.47. The van der Waals surface area contributed by atoms with E-state index in [0.717, 1.165) is 17.0 Å². The van der Waals surface area contributed by atoms with Gasteiger partial charge in [0.25, 0.3) is 5.91 Å². The first kappa shape index (κ1) is 12.6. The summed E-state index contributed by atoms with van der Waals surface area (Å²) in [6, 6.07) is 9.59. The van der Waals surface area contributed by atoms with Crippen molar-refractivity contribution < 1.29 is 4.79 Å². The van der Waals surface area contributed by atoms with Gasteiger partial charge in [-0.05, 0) is 37.1 Å². The predicted octanol–water partition coefficient (Wildman–Crippen LogP) is 3.45. The lowest BCUT2D eigenvalue weighted by Crippen LogP contribution is -2.10. The summed E-state index contributed by atoms with van der Waals surface area (Å²) in [4.78, 5) is 13.6. The molecule has 0 saturated heterocycles. The Bertz CT molecular complexity index is 538. The molecule has 3 nitrogen and oxygen atoms in total. The van der Waals surface area contributed by atoms with Crippen LogP contribution in [-0.2, 0) is 6.42 Å². The highest BCUT2D eigenvalue weighted by Crippen LogP contribution is 2.24. The van der Waals surface area contributed by atoms with E-state index in [1.54, 1.807) is 6.07 Å². The molecular weight excluding hydrogens is 244 g/mol. The average Bonchev–Trinajstić information content (AvgIpc) is 2.71. The number of benzene rings is 1. The second kappa shape index (κ2) is 5.23. The first-order valence-electron chi connectivity index (χ1n) is 5.86. The molecule has 0 bridgehead atoms. The van der Waals surface area contributed by atoms with Gasteiger partial charge in [0, 0.05) is 16.3 Å². The van der Waals surface area contributed by atoms with E-state index in [1.165, 1.54) is 16.9 Å². The molecule has 18 heavy (non-hydrogen) atoms. The average molecular weight is 260 g/mol. The zero-order valence-electron chi connectivity index (χ0n) is 10.5. The number of aryl methyl sites for hydroxylation is 2. The normalized spacial score (nSPS) is 10.3. The Balaban J connectivity index is 2.10. The molecule has 94 valence electrons. The smallest absolute Gasteiger partial charge is 0.265 e. The van der Waals surface area contributed by atoms with E-state index in [-0.39, 0.29) is 5.91 Å². The Morgan fingerprint density at radius 2 is 2.00 bits per heavy atom. The number of nitrogens with two attached hydrogens (primary N) is 1. The van der Waals surface area contributed by atoms with Crippen LogP contribution in [0.3, 0.4) is 0 Å². The Morgan fingerprint density at radius 1 is 1.33 bits per heavy atom. The number of hydrogen-bond acceptors (Lipinski definition) is 3. The van der Waals surface area contributed by atoms with Crippen molar-refractivity contribution in [3.63, 3.8) is 0 Å². The molecule has 1 aromatic heterocycles. The van der Waals surface area contributed by atoms with Crippen molar-refractivity contribution in [2.24, 2.45) is 0 Å². The Hall–Kier alpha value is -1.81. The predicted molar refractivity (Wildman–Crippen MR) is 77.2 cm³/mol. The zero-order chi connectivity index (χ0) is 13.1. The van der Waals surface area contributed by atoms with Crippen molar-refractivity contribution in [2.75, 3.05) is 11.1 Å². The van der Waals surface area contributed by atoms with Crippen LogP contribution in [-0.4, -0.2) is 5.91 Å². The first-order chi connectivity index (χ1) is 8.60. The molecule has 1 amide bonds. The number of carbonyl (C=O) groups is 1. The first-order valence-corrected chi connectivity index (χ1v) is 6.68. The number of nitrogen functional groups attached to an aromatic ring is 1. The van der Waals surface area contributed by atoms with E-state index < -0.39 is 0 Å². The summed E-state index contributed by atoms with van der Waals surface area (Å²) in [5, 5.41) is 2.87. The lowest BCUT2D eigenvalue weighted by molar-refractivity contribution is 0.103. The highest BCUT2D eigenvalue weighted by molar-refractivity contribution is 7.14. The van der Waals surface area contributed by atoms with Gasteiger partial charge in [0.1, 0.15) is 0 Å². The van der Waals surface area contributed by atoms with E-state index in [4.69, 9.17) is 5.73 Å². The minimum Gasteiger partial charge on any atom is -0.398 e. The number of carbonyl (C=O) groups excluding carboxylic acids is 1. The quantitative estimate of drug-likeness (QED) is 0.888. The van der Waals surface area contributed by atoms with E-state index in [2.05, 4.69) is 12.2 Å². The summed E-state index contributed by atoms with van der Waals surface area (Å²) in [6.45, 7) is 4.01. The second-order valence-electron chi connectivity index (χ2n) is 4.13. The summed E-state index contributed by atoms with van der Waals surface area (Å²) in [6.07, 6.45) is 0.995. The van der Waals surface area contributed by atoms with Crippen molar-refractivity contribution in [3.05, 3.63) is 45.6 Å². The molecule has 0 spiro atoms. The summed E-state index contributed by atoms with van der Waals surface area (Å²) in [5.74, 6) is -0.107. The van der Waals surface area contributed by atoms with Gasteiger partial charge >= 0.3 is 0 Å². The van der Waals surface area contributed by atoms with E-state index in [9.17, 15) is 4.79 Å². The number of hydrogen-bond donors (Lipinski definition) is 2. The number of nitrogens with one attached hydrogen (secondary N) is 1. The van der Waals surface area contributed by atoms with Crippen LogP contribution in [0, 0.1) is 6.92 Å². The van der Waals surface area contributed by atoms with Gasteiger partial charge in [0.05, 0.1) is 4.88 Å². The summed E-state index contributed by atoms with van der Waals surface area (Å²) < 4.78 is 0. The van der Waals surface area contributed by atoms with E-state index in [1.807, 2.05) is 31.2 Å². The fourth-order valence-corrected chi connectivity index (χ4v) is 2.46. The van der Waals surface area contributed by atoms with Crippen LogP contribution in [0.15, 0.2) is 30.3 Å². The Morgan fingerprint density at radius 3 is 2.50 bits per heavy atom. The van der Waals surface area contributed by atoms with Gasteiger partial charge in [0.15, 0.2) is 0 Å². The fraction of sp³-hybridized carbons (Fsp3) is 0.214. The molecule has 0 aliphatic rings. The van der Waals surface area contributed by atoms with Gasteiger partial charge in [0.2, 0.25) is 0 Å². The lowest BCUT2D eigenvalue weighted by Gasteiger charge is -2.04. The van der Waals surface area contributed by atoms with Gasteiger partial charge in [-0.25, -0.2) is 0 Å². The molecule has 0 radical (unpaired) electrons. The molecule has 2 aromatic rings. The maximum Gasteiger partial charge on any atom is 0.265 e. The second-order valence-corrected chi connectivity index (χ2v) is 5.38. The SMILES string of the molecule is CCc1ccc(NC(=O)c2cc(N)c(C)s2)cc1. The van der Waals surface area contributed by atoms with Gasteiger partial charge in [-0.15, -0.1) is 11.3 Å². The highest BCUT2D eigenvalue weighted by atomic mass is 32.1. The molecule has 0 atom stereocenters. The third kappa shape index (κ3) is 2.71. The maximum absolute atomic E-state index is 12.0. The number of rotatable bonds is 3. The van der Waals surface area contributed by atoms with Crippen molar-refractivity contribution in [3.8, 4) is 0 Å². The summed E-state index contributed by atoms with van der Waals surface area (Å²) in [7, 11) is 0. The fourth-order valence-electron chi connectivity index (χ4n) is 1.62. The third-order valence-electron chi connectivity index (χ3n) is 2.80. The molecule has 0 unspecified atom stereocenters. The highest BCUT2D eigenvalue weighted by Gasteiger charge is 2.10. The van der Waals surface area contributed by atoms with Crippen LogP contribution in [0.4, 0.5) is 11.4 Å². The van der Waals surface area contributed by atoms with Crippen LogP contribution >= 0.6 is 11.3 Å². The Labute approximate surface area is 111 Å². The number of thiophene rings is 1. The van der Waals surface area contributed by atoms with Crippen LogP contribution in [0.25, 0.3) is 0 Å². The zero-order valence-corrected chi connectivity index (χ0v) is 11.3. The van der Waals surface area contributed by atoms with Gasteiger partial charge < -0.3 is 11.1 Å². The van der Waals surface area contributed by atoms with Gasteiger partial charge in [-0.2, -0.15) is 0 Å². The number of amides is 1. The van der Waals surface area contributed by atoms with Crippen LogP contribution < -0.4 is 11.1 Å². The third-order valence-corrected chi connectivity index (χ3v) is 3.87. The van der Waals surface area contributed by atoms with Crippen LogP contribution in [0.2, 0.25) is 0 Å². The minimum absolute atomic E-state index is 0.107. The van der Waals surface area contributed by atoms with Gasteiger partial charge in [-0.3, -0.25) is 4.79 Å². The molecule has 4 heteroatoms. The molecule has 0 aliphatic carbocycles. The molecule has 2 rings (SSSR count). The standard InChI is InChI=1S/C14H16N2OS/c1-3-10-4-6-11(7-5-10)16-14(17)13-8-12(15)9(2)18-13/h4-8H,3,15H2,1-2H3,(H,16,17). The minimum atomic E-state index is -0.107. The molecule has 0 fully saturated rings. The molecule has 0 aliphatic heterocycles.